The van der Waals surface area contributed by atoms with E-state index in [9.17, 15) is 9.59 Å². The van der Waals surface area contributed by atoms with Crippen molar-refractivity contribution < 1.29 is 9.59 Å². The lowest BCUT2D eigenvalue weighted by Gasteiger charge is -2.34. The van der Waals surface area contributed by atoms with Gasteiger partial charge in [0.1, 0.15) is 6.04 Å². The Bertz CT molecular complexity index is 528. The quantitative estimate of drug-likeness (QED) is 0.861. The van der Waals surface area contributed by atoms with E-state index in [2.05, 4.69) is 5.32 Å². The van der Waals surface area contributed by atoms with E-state index in [4.69, 9.17) is 5.73 Å². The normalized spacial score (nSPS) is 16.5. The van der Waals surface area contributed by atoms with Gasteiger partial charge in [-0.3, -0.25) is 9.59 Å². The number of carbonyl (C=O) groups excluding carboxylic acids is 2. The minimum atomic E-state index is -0.573. The Kier molecular flexibility index (Phi) is 7.03. The molecule has 1 fully saturated rings. The number of likely N-dealkylation sites (tertiary alicyclic amines) is 1. The summed E-state index contributed by atoms with van der Waals surface area (Å²) in [5.74, 6) is -0.123. The van der Waals surface area contributed by atoms with E-state index < -0.39 is 11.6 Å². The number of rotatable bonds is 5. The van der Waals surface area contributed by atoms with Gasteiger partial charge in [0.05, 0.1) is 0 Å². The molecule has 6 heteroatoms. The van der Waals surface area contributed by atoms with Crippen molar-refractivity contribution in [1.29, 1.82) is 0 Å². The minimum absolute atomic E-state index is 0. The first-order valence-corrected chi connectivity index (χ1v) is 7.79. The van der Waals surface area contributed by atoms with Crippen molar-refractivity contribution in [3.63, 3.8) is 0 Å². The molecule has 1 aliphatic heterocycles. The molecule has 1 saturated heterocycles. The molecule has 128 valence electrons. The van der Waals surface area contributed by atoms with Gasteiger partial charge < -0.3 is 16.0 Å². The topological polar surface area (TPSA) is 75.4 Å². The van der Waals surface area contributed by atoms with E-state index in [1.807, 2.05) is 44.2 Å². The van der Waals surface area contributed by atoms with Crippen molar-refractivity contribution in [1.82, 2.24) is 10.2 Å². The van der Waals surface area contributed by atoms with Gasteiger partial charge in [-0.25, -0.2) is 0 Å². The summed E-state index contributed by atoms with van der Waals surface area (Å²) in [5.41, 5.74) is 6.29. The molecule has 0 bridgehead atoms. The minimum Gasteiger partial charge on any atom is -0.352 e. The molecule has 1 aromatic rings. The Hall–Kier alpha value is -1.59. The Morgan fingerprint density at radius 1 is 1.30 bits per heavy atom. The van der Waals surface area contributed by atoms with Crippen LogP contribution in [0.1, 0.15) is 44.7 Å². The van der Waals surface area contributed by atoms with E-state index in [0.717, 1.165) is 18.4 Å². The first-order valence-electron chi connectivity index (χ1n) is 7.79. The second-order valence-corrected chi connectivity index (χ2v) is 6.56. The lowest BCUT2D eigenvalue weighted by atomic mass is 10.00. The maximum absolute atomic E-state index is 12.7. The van der Waals surface area contributed by atoms with Crippen LogP contribution in [0.2, 0.25) is 0 Å². The van der Waals surface area contributed by atoms with E-state index in [1.165, 1.54) is 0 Å². The first kappa shape index (κ1) is 19.5. The van der Waals surface area contributed by atoms with Crippen LogP contribution in [0.3, 0.4) is 0 Å². The van der Waals surface area contributed by atoms with E-state index in [-0.39, 0.29) is 24.2 Å². The van der Waals surface area contributed by atoms with Gasteiger partial charge in [0.15, 0.2) is 0 Å². The van der Waals surface area contributed by atoms with Gasteiger partial charge in [-0.1, -0.05) is 30.3 Å². The third-order valence-corrected chi connectivity index (χ3v) is 3.75. The molecule has 1 heterocycles. The summed E-state index contributed by atoms with van der Waals surface area (Å²) in [6, 6.07) is 8.88. The van der Waals surface area contributed by atoms with Gasteiger partial charge in [0, 0.05) is 25.0 Å². The predicted molar refractivity (Wildman–Crippen MR) is 93.3 cm³/mol. The Balaban J connectivity index is 0.00000264. The molecule has 1 atom stereocenters. The summed E-state index contributed by atoms with van der Waals surface area (Å²) in [5, 5.41) is 2.88. The molecule has 2 rings (SSSR count). The van der Waals surface area contributed by atoms with Crippen molar-refractivity contribution in [3.8, 4) is 0 Å². The van der Waals surface area contributed by atoms with Crippen molar-refractivity contribution in [3.05, 3.63) is 35.9 Å². The van der Waals surface area contributed by atoms with Crippen LogP contribution in [0.25, 0.3) is 0 Å². The molecule has 5 nitrogen and oxygen atoms in total. The number of nitrogens with zero attached hydrogens (tertiary/aromatic N) is 1. The number of carbonyl (C=O) groups is 2. The van der Waals surface area contributed by atoms with E-state index in [0.29, 0.717) is 19.5 Å². The molecule has 2 amide bonds. The van der Waals surface area contributed by atoms with Crippen LogP contribution in [0.4, 0.5) is 0 Å². The number of halogens is 1. The molecule has 0 saturated carbocycles. The molecule has 0 spiro atoms. The zero-order chi connectivity index (χ0) is 16.2. The van der Waals surface area contributed by atoms with Gasteiger partial charge in [-0.2, -0.15) is 0 Å². The average molecular weight is 340 g/mol. The van der Waals surface area contributed by atoms with Crippen molar-refractivity contribution >= 4 is 24.2 Å². The molecule has 0 aromatic heterocycles. The highest BCUT2D eigenvalue weighted by atomic mass is 35.5. The summed E-state index contributed by atoms with van der Waals surface area (Å²) < 4.78 is 0. The molecule has 0 radical (unpaired) electrons. The highest BCUT2D eigenvalue weighted by molar-refractivity contribution is 5.89. The van der Waals surface area contributed by atoms with Crippen molar-refractivity contribution in [2.75, 3.05) is 13.1 Å². The van der Waals surface area contributed by atoms with Gasteiger partial charge >= 0.3 is 0 Å². The van der Waals surface area contributed by atoms with Gasteiger partial charge in [0.2, 0.25) is 11.8 Å². The number of nitrogens with two attached hydrogens (primary N) is 1. The monoisotopic (exact) mass is 339 g/mol. The maximum Gasteiger partial charge on any atom is 0.247 e. The Labute approximate surface area is 144 Å². The lowest BCUT2D eigenvalue weighted by Crippen LogP contribution is -2.50. The molecular weight excluding hydrogens is 314 g/mol. The third-order valence-electron chi connectivity index (χ3n) is 3.75. The summed E-state index contributed by atoms with van der Waals surface area (Å²) >= 11 is 0. The van der Waals surface area contributed by atoms with Crippen LogP contribution in [-0.4, -0.2) is 35.3 Å². The van der Waals surface area contributed by atoms with E-state index >= 15 is 0 Å². The number of nitrogens with one attached hydrogen (secondary N) is 1. The maximum atomic E-state index is 12.7. The standard InChI is InChI=1S/C17H25N3O2.ClH/c1-17(2,18)12-19-16(22)15(13-8-4-3-5-9-13)20-11-7-6-10-14(20)21;/h3-5,8-9,15H,6-7,10-12,18H2,1-2H3,(H,19,22);1H. The van der Waals surface area contributed by atoms with Crippen LogP contribution in [0.15, 0.2) is 30.3 Å². The van der Waals surface area contributed by atoms with Gasteiger partial charge in [0.25, 0.3) is 0 Å². The fourth-order valence-corrected chi connectivity index (χ4v) is 2.62. The smallest absolute Gasteiger partial charge is 0.247 e. The van der Waals surface area contributed by atoms with Crippen LogP contribution in [0, 0.1) is 0 Å². The molecule has 23 heavy (non-hydrogen) atoms. The summed E-state index contributed by atoms with van der Waals surface area (Å²) in [6.07, 6.45) is 2.35. The molecule has 1 unspecified atom stereocenters. The molecule has 1 aliphatic rings. The third kappa shape index (κ3) is 5.52. The number of benzene rings is 1. The SMILES string of the molecule is CC(C)(N)CNC(=O)C(c1ccccc1)N1CCCCC1=O.Cl. The second-order valence-electron chi connectivity index (χ2n) is 6.56. The Morgan fingerprint density at radius 2 is 1.96 bits per heavy atom. The number of hydrogen-bond acceptors (Lipinski definition) is 3. The number of piperidine rings is 1. The molecule has 1 aromatic carbocycles. The summed E-state index contributed by atoms with van der Waals surface area (Å²) in [6.45, 7) is 4.71. The zero-order valence-corrected chi connectivity index (χ0v) is 14.6. The van der Waals surface area contributed by atoms with Crippen LogP contribution < -0.4 is 11.1 Å². The summed E-state index contributed by atoms with van der Waals surface area (Å²) in [4.78, 5) is 26.6. The van der Waals surface area contributed by atoms with Crippen molar-refractivity contribution in [2.45, 2.75) is 44.7 Å². The highest BCUT2D eigenvalue weighted by Gasteiger charge is 2.32. The van der Waals surface area contributed by atoms with Crippen LogP contribution in [0.5, 0.6) is 0 Å². The average Bonchev–Trinajstić information content (AvgIpc) is 2.48. The zero-order valence-electron chi connectivity index (χ0n) is 13.7. The lowest BCUT2D eigenvalue weighted by molar-refractivity contribution is -0.142. The van der Waals surface area contributed by atoms with Crippen LogP contribution in [-0.2, 0) is 9.59 Å². The fraction of sp³-hybridized carbons (Fsp3) is 0.529. The van der Waals surface area contributed by atoms with E-state index in [1.54, 1.807) is 4.90 Å². The largest absolute Gasteiger partial charge is 0.352 e. The number of amides is 2. The Morgan fingerprint density at radius 3 is 2.52 bits per heavy atom. The molecule has 0 aliphatic carbocycles. The van der Waals surface area contributed by atoms with Crippen LogP contribution >= 0.6 is 12.4 Å². The molecule has 3 N–H and O–H groups in total. The fourth-order valence-electron chi connectivity index (χ4n) is 2.62. The number of hydrogen-bond donors (Lipinski definition) is 2. The first-order chi connectivity index (χ1) is 10.4. The van der Waals surface area contributed by atoms with Crippen molar-refractivity contribution in [2.24, 2.45) is 5.73 Å². The predicted octanol–water partition coefficient (Wildman–Crippen LogP) is 2.02. The van der Waals surface area contributed by atoms with Gasteiger partial charge in [-0.05, 0) is 32.3 Å². The highest BCUT2D eigenvalue weighted by Crippen LogP contribution is 2.25. The summed E-state index contributed by atoms with van der Waals surface area (Å²) in [7, 11) is 0. The second kappa shape index (κ2) is 8.31. The molecular formula is C17H26ClN3O2. The van der Waals surface area contributed by atoms with Gasteiger partial charge in [-0.15, -0.1) is 12.4 Å².